The summed E-state index contributed by atoms with van der Waals surface area (Å²) in [6.45, 7) is 3.37. The number of anilines is 3. The third-order valence-electron chi connectivity index (χ3n) is 2.48. The Morgan fingerprint density at radius 2 is 1.89 bits per heavy atom. The van der Waals surface area contributed by atoms with Crippen LogP contribution in [0.3, 0.4) is 0 Å². The van der Waals surface area contributed by atoms with E-state index in [1.807, 2.05) is 0 Å². The molecule has 1 aromatic heterocycles. The molecule has 1 aromatic carbocycles. The van der Waals surface area contributed by atoms with E-state index in [2.05, 4.69) is 15.3 Å². The van der Waals surface area contributed by atoms with Gasteiger partial charge in [0.15, 0.2) is 0 Å². The van der Waals surface area contributed by atoms with Crippen molar-refractivity contribution in [3.8, 4) is 0 Å². The molecule has 0 radical (unpaired) electrons. The van der Waals surface area contributed by atoms with Crippen LogP contribution in [0.25, 0.3) is 0 Å². The molecule has 0 aliphatic heterocycles. The Morgan fingerprint density at radius 1 is 1.17 bits per heavy atom. The van der Waals surface area contributed by atoms with Crippen molar-refractivity contribution >= 4 is 17.3 Å². The van der Waals surface area contributed by atoms with Crippen molar-refractivity contribution in [1.82, 2.24) is 9.97 Å². The molecular weight excluding hydrogens is 238 g/mol. The Kier molecular flexibility index (Phi) is 3.10. The van der Waals surface area contributed by atoms with E-state index in [4.69, 9.17) is 5.73 Å². The van der Waals surface area contributed by atoms with Crippen LogP contribution >= 0.6 is 0 Å². The maximum absolute atomic E-state index is 13.5. The summed E-state index contributed by atoms with van der Waals surface area (Å²) in [7, 11) is 0. The van der Waals surface area contributed by atoms with Crippen LogP contribution in [0.2, 0.25) is 0 Å². The van der Waals surface area contributed by atoms with E-state index in [0.717, 1.165) is 18.2 Å². The average molecular weight is 250 g/mol. The molecule has 0 unspecified atom stereocenters. The molecule has 0 saturated heterocycles. The van der Waals surface area contributed by atoms with Gasteiger partial charge in [0.05, 0.1) is 5.69 Å². The quantitative estimate of drug-likeness (QED) is 0.860. The lowest BCUT2D eigenvalue weighted by Crippen LogP contribution is -2.05. The number of nitrogens with one attached hydrogen (secondary N) is 1. The molecule has 2 rings (SSSR count). The van der Waals surface area contributed by atoms with Crippen molar-refractivity contribution in [2.75, 3.05) is 11.1 Å². The van der Waals surface area contributed by atoms with Crippen LogP contribution < -0.4 is 11.1 Å². The molecule has 0 aliphatic rings. The predicted molar refractivity (Wildman–Crippen MR) is 65.6 cm³/mol. The lowest BCUT2D eigenvalue weighted by Gasteiger charge is -2.11. The van der Waals surface area contributed by atoms with Crippen LogP contribution in [0.15, 0.2) is 18.2 Å². The first-order valence-electron chi connectivity index (χ1n) is 5.30. The van der Waals surface area contributed by atoms with Gasteiger partial charge in [-0.15, -0.1) is 0 Å². The predicted octanol–water partition coefficient (Wildman–Crippen LogP) is 2.70. The smallest absolute Gasteiger partial charge is 0.146 e. The first-order chi connectivity index (χ1) is 8.47. The van der Waals surface area contributed by atoms with Gasteiger partial charge in [-0.05, 0) is 26.0 Å². The molecule has 94 valence electrons. The minimum absolute atomic E-state index is 0.00981. The molecule has 18 heavy (non-hydrogen) atoms. The van der Waals surface area contributed by atoms with Crippen molar-refractivity contribution in [3.63, 3.8) is 0 Å². The highest BCUT2D eigenvalue weighted by atomic mass is 19.1. The van der Waals surface area contributed by atoms with Gasteiger partial charge in [-0.3, -0.25) is 0 Å². The monoisotopic (exact) mass is 250 g/mol. The van der Waals surface area contributed by atoms with E-state index in [1.165, 1.54) is 0 Å². The molecule has 0 atom stereocenters. The summed E-state index contributed by atoms with van der Waals surface area (Å²) in [5, 5.41) is 2.72. The fourth-order valence-corrected chi connectivity index (χ4v) is 1.49. The normalized spacial score (nSPS) is 10.4. The first kappa shape index (κ1) is 12.2. The molecule has 0 amide bonds. The van der Waals surface area contributed by atoms with Gasteiger partial charge in [0.2, 0.25) is 0 Å². The van der Waals surface area contributed by atoms with Crippen LogP contribution in [-0.4, -0.2) is 9.97 Å². The molecule has 2 aromatic rings. The molecule has 6 heteroatoms. The van der Waals surface area contributed by atoms with Gasteiger partial charge in [-0.1, -0.05) is 0 Å². The van der Waals surface area contributed by atoms with Crippen molar-refractivity contribution in [2.24, 2.45) is 0 Å². The third kappa shape index (κ3) is 2.37. The van der Waals surface area contributed by atoms with Gasteiger partial charge in [0.25, 0.3) is 0 Å². The summed E-state index contributed by atoms with van der Waals surface area (Å²) in [5.74, 6) is 0.0321. The lowest BCUT2D eigenvalue weighted by molar-refractivity contribution is 0.603. The Hall–Kier alpha value is -2.24. The maximum Gasteiger partial charge on any atom is 0.146 e. The van der Waals surface area contributed by atoms with Crippen molar-refractivity contribution in [3.05, 3.63) is 41.2 Å². The molecule has 0 aliphatic carbocycles. The number of hydrogen-bond acceptors (Lipinski definition) is 4. The number of benzene rings is 1. The summed E-state index contributed by atoms with van der Waals surface area (Å²) in [4.78, 5) is 8.08. The van der Waals surface area contributed by atoms with E-state index < -0.39 is 11.6 Å². The first-order valence-corrected chi connectivity index (χ1v) is 5.30. The molecule has 0 spiro atoms. The zero-order chi connectivity index (χ0) is 13.3. The maximum atomic E-state index is 13.5. The Labute approximate surface area is 103 Å². The van der Waals surface area contributed by atoms with Crippen molar-refractivity contribution < 1.29 is 8.78 Å². The fraction of sp³-hybridized carbons (Fsp3) is 0.167. The fourth-order valence-electron chi connectivity index (χ4n) is 1.49. The topological polar surface area (TPSA) is 63.8 Å². The van der Waals surface area contributed by atoms with Gasteiger partial charge in [0.1, 0.15) is 29.1 Å². The number of nitrogens with two attached hydrogens (primary N) is 1. The molecular formula is C12H12F2N4. The van der Waals surface area contributed by atoms with E-state index in [9.17, 15) is 8.78 Å². The number of hydrogen-bond donors (Lipinski definition) is 2. The number of nitrogen functional groups attached to an aromatic ring is 1. The molecule has 1 heterocycles. The molecule has 3 N–H and O–H groups in total. The second kappa shape index (κ2) is 4.56. The third-order valence-corrected chi connectivity index (χ3v) is 2.48. The van der Waals surface area contributed by atoms with Crippen molar-refractivity contribution in [1.29, 1.82) is 0 Å². The van der Waals surface area contributed by atoms with Gasteiger partial charge >= 0.3 is 0 Å². The Balaban J connectivity index is 2.43. The second-order valence-electron chi connectivity index (χ2n) is 3.88. The second-order valence-corrected chi connectivity index (χ2v) is 3.88. The van der Waals surface area contributed by atoms with E-state index in [1.54, 1.807) is 13.8 Å². The van der Waals surface area contributed by atoms with Gasteiger partial charge in [0, 0.05) is 11.6 Å². The zero-order valence-electron chi connectivity index (χ0n) is 9.96. The largest absolute Gasteiger partial charge is 0.383 e. The summed E-state index contributed by atoms with van der Waals surface area (Å²) in [6, 6.07) is 3.15. The zero-order valence-corrected chi connectivity index (χ0v) is 9.96. The number of halogens is 2. The van der Waals surface area contributed by atoms with E-state index >= 15 is 0 Å². The molecule has 4 nitrogen and oxygen atoms in total. The minimum atomic E-state index is -0.564. The summed E-state index contributed by atoms with van der Waals surface area (Å²) in [5.41, 5.74) is 6.28. The molecule has 0 fully saturated rings. The van der Waals surface area contributed by atoms with Gasteiger partial charge in [-0.25, -0.2) is 18.7 Å². The summed E-state index contributed by atoms with van der Waals surface area (Å²) < 4.78 is 26.5. The van der Waals surface area contributed by atoms with Crippen LogP contribution in [0, 0.1) is 25.5 Å². The number of nitrogens with zero attached hydrogens (tertiary/aromatic N) is 2. The number of rotatable bonds is 2. The van der Waals surface area contributed by atoms with Crippen molar-refractivity contribution in [2.45, 2.75) is 13.8 Å². The minimum Gasteiger partial charge on any atom is -0.383 e. The highest BCUT2D eigenvalue weighted by molar-refractivity contribution is 5.64. The molecule has 0 bridgehead atoms. The highest BCUT2D eigenvalue weighted by Gasteiger charge is 2.10. The van der Waals surface area contributed by atoms with Crippen LogP contribution in [0.1, 0.15) is 11.4 Å². The molecule has 0 saturated carbocycles. The van der Waals surface area contributed by atoms with Gasteiger partial charge in [-0.2, -0.15) is 0 Å². The summed E-state index contributed by atoms with van der Waals surface area (Å²) in [6.07, 6.45) is 0. The Bertz CT molecular complexity index is 599. The SMILES string of the molecule is Cc1nc(N)c(C)c(Nc2cc(F)ccc2F)n1. The standard InChI is InChI=1S/C12H12F2N4/c1-6-11(15)16-7(2)17-12(6)18-10-5-8(13)3-4-9(10)14/h3-5H,1-2H3,(H3,15,16,17,18). The van der Waals surface area contributed by atoms with Crippen LogP contribution in [0.5, 0.6) is 0 Å². The number of aryl methyl sites for hydroxylation is 1. The average Bonchev–Trinajstić information content (AvgIpc) is 2.30. The lowest BCUT2D eigenvalue weighted by atomic mass is 10.2. The van der Waals surface area contributed by atoms with Crippen LogP contribution in [0.4, 0.5) is 26.1 Å². The summed E-state index contributed by atoms with van der Waals surface area (Å²) >= 11 is 0. The van der Waals surface area contributed by atoms with E-state index in [-0.39, 0.29) is 5.69 Å². The van der Waals surface area contributed by atoms with Gasteiger partial charge < -0.3 is 11.1 Å². The number of aromatic nitrogens is 2. The van der Waals surface area contributed by atoms with Crippen LogP contribution in [-0.2, 0) is 0 Å². The van der Waals surface area contributed by atoms with E-state index in [0.29, 0.717) is 23.0 Å². The highest BCUT2D eigenvalue weighted by Crippen LogP contribution is 2.24. The Morgan fingerprint density at radius 3 is 2.61 bits per heavy atom.